The predicted molar refractivity (Wildman–Crippen MR) is 92.6 cm³/mol. The Kier molecular flexibility index (Phi) is 6.46. The first-order valence-corrected chi connectivity index (χ1v) is 7.84. The molecule has 0 aromatic heterocycles. The number of benzene rings is 2. The molecule has 0 aliphatic carbocycles. The zero-order valence-corrected chi connectivity index (χ0v) is 14.3. The average molecular weight is 368 g/mol. The highest BCUT2D eigenvalue weighted by atomic mass is 35.5. The van der Waals surface area contributed by atoms with Crippen molar-refractivity contribution in [3.05, 3.63) is 58.6 Å². The number of halogens is 2. The van der Waals surface area contributed by atoms with Crippen molar-refractivity contribution in [2.75, 3.05) is 11.9 Å². The maximum Gasteiger partial charge on any atom is 0.344 e. The molecule has 0 aliphatic heterocycles. The van der Waals surface area contributed by atoms with Gasteiger partial charge in [-0.1, -0.05) is 29.3 Å². The van der Waals surface area contributed by atoms with Crippen molar-refractivity contribution in [3.8, 4) is 5.75 Å². The third-order valence-electron chi connectivity index (χ3n) is 2.94. The van der Waals surface area contributed by atoms with Crippen LogP contribution >= 0.6 is 23.2 Å². The van der Waals surface area contributed by atoms with Crippen LogP contribution in [0, 0.1) is 0 Å². The van der Waals surface area contributed by atoms with Gasteiger partial charge >= 0.3 is 5.97 Å². The van der Waals surface area contributed by atoms with E-state index in [1.807, 2.05) is 0 Å². The van der Waals surface area contributed by atoms with Crippen molar-refractivity contribution in [1.82, 2.24) is 0 Å². The van der Waals surface area contributed by atoms with Crippen LogP contribution in [0.4, 0.5) is 5.69 Å². The van der Waals surface area contributed by atoms with Gasteiger partial charge in [-0.25, -0.2) is 4.79 Å². The summed E-state index contributed by atoms with van der Waals surface area (Å²) in [6.45, 7) is 1.15. The Morgan fingerprint density at radius 1 is 1.08 bits per heavy atom. The molecule has 0 saturated heterocycles. The minimum atomic E-state index is -0.962. The van der Waals surface area contributed by atoms with Crippen LogP contribution in [0.5, 0.6) is 5.75 Å². The lowest BCUT2D eigenvalue weighted by molar-refractivity contribution is -0.155. The summed E-state index contributed by atoms with van der Waals surface area (Å²) in [5, 5.41) is 3.68. The molecule has 126 valence electrons. The van der Waals surface area contributed by atoms with Gasteiger partial charge < -0.3 is 14.8 Å². The van der Waals surface area contributed by atoms with Gasteiger partial charge in [-0.3, -0.25) is 4.79 Å². The Morgan fingerprint density at radius 2 is 1.79 bits per heavy atom. The molecule has 7 heteroatoms. The number of nitrogens with one attached hydrogen (secondary N) is 1. The lowest BCUT2D eigenvalue weighted by atomic mass is 10.3. The number of esters is 1. The van der Waals surface area contributed by atoms with E-state index in [0.717, 1.165) is 0 Å². The standard InChI is InChI=1S/C17H15Cl2NO4/c1-11(17(22)20-14-7-5-12(18)6-8-14)24-16(21)10-23-15-4-2-3-13(19)9-15/h2-9,11H,10H2,1H3,(H,20,22)/t11-/m1/s1. The predicted octanol–water partition coefficient (Wildman–Crippen LogP) is 3.94. The molecular formula is C17H15Cl2NO4. The highest BCUT2D eigenvalue weighted by Crippen LogP contribution is 2.17. The normalized spacial score (nSPS) is 11.5. The Morgan fingerprint density at radius 3 is 2.46 bits per heavy atom. The lowest BCUT2D eigenvalue weighted by Gasteiger charge is -2.14. The van der Waals surface area contributed by atoms with Gasteiger partial charge in [-0.2, -0.15) is 0 Å². The molecule has 0 saturated carbocycles. The Labute approximate surface area is 149 Å². The third-order valence-corrected chi connectivity index (χ3v) is 3.43. The number of rotatable bonds is 6. The van der Waals surface area contributed by atoms with Crippen LogP contribution in [0.25, 0.3) is 0 Å². The van der Waals surface area contributed by atoms with Gasteiger partial charge in [0.15, 0.2) is 12.7 Å². The fraction of sp³-hybridized carbons (Fsp3) is 0.176. The summed E-state index contributed by atoms with van der Waals surface area (Å²) in [7, 11) is 0. The Hall–Kier alpha value is -2.24. The number of anilines is 1. The quantitative estimate of drug-likeness (QED) is 0.785. The molecule has 0 radical (unpaired) electrons. The Bertz CT molecular complexity index is 719. The van der Waals surface area contributed by atoms with E-state index in [9.17, 15) is 9.59 Å². The third kappa shape index (κ3) is 5.76. The second-order valence-corrected chi connectivity index (χ2v) is 5.75. The molecule has 0 bridgehead atoms. The average Bonchev–Trinajstić information content (AvgIpc) is 2.55. The summed E-state index contributed by atoms with van der Waals surface area (Å²) >= 11 is 11.6. The number of hydrogen-bond acceptors (Lipinski definition) is 4. The second kappa shape index (κ2) is 8.57. The van der Waals surface area contributed by atoms with Crippen molar-refractivity contribution < 1.29 is 19.1 Å². The molecule has 24 heavy (non-hydrogen) atoms. The monoisotopic (exact) mass is 367 g/mol. The molecule has 2 aromatic rings. The SMILES string of the molecule is C[C@@H](OC(=O)COc1cccc(Cl)c1)C(=O)Nc1ccc(Cl)cc1. The summed E-state index contributed by atoms with van der Waals surface area (Å²) < 4.78 is 10.3. The summed E-state index contributed by atoms with van der Waals surface area (Å²) in [5.74, 6) is -0.667. The molecule has 1 amide bonds. The van der Waals surface area contributed by atoms with Crippen LogP contribution in [-0.4, -0.2) is 24.6 Å². The minimum absolute atomic E-state index is 0.321. The molecule has 0 unspecified atom stereocenters. The van der Waals surface area contributed by atoms with Crippen LogP contribution in [0.3, 0.4) is 0 Å². The lowest BCUT2D eigenvalue weighted by Crippen LogP contribution is -2.31. The first-order valence-electron chi connectivity index (χ1n) is 7.08. The van der Waals surface area contributed by atoms with Crippen LogP contribution in [0.2, 0.25) is 10.0 Å². The van der Waals surface area contributed by atoms with E-state index in [1.54, 1.807) is 48.5 Å². The maximum absolute atomic E-state index is 12.0. The first-order chi connectivity index (χ1) is 11.4. The molecule has 1 atom stereocenters. The smallest absolute Gasteiger partial charge is 0.344 e. The molecule has 1 N–H and O–H groups in total. The van der Waals surface area contributed by atoms with Crippen molar-refractivity contribution >= 4 is 40.8 Å². The van der Waals surface area contributed by atoms with E-state index in [-0.39, 0.29) is 6.61 Å². The molecule has 0 fully saturated rings. The number of hydrogen-bond donors (Lipinski definition) is 1. The van der Waals surface area contributed by atoms with Crippen molar-refractivity contribution in [2.45, 2.75) is 13.0 Å². The van der Waals surface area contributed by atoms with Crippen LogP contribution < -0.4 is 10.1 Å². The van der Waals surface area contributed by atoms with Crippen LogP contribution in [0.1, 0.15) is 6.92 Å². The zero-order chi connectivity index (χ0) is 17.5. The molecular weight excluding hydrogens is 353 g/mol. The van der Waals surface area contributed by atoms with Gasteiger partial charge in [-0.15, -0.1) is 0 Å². The summed E-state index contributed by atoms with van der Waals surface area (Å²) in [4.78, 5) is 23.7. The molecule has 0 aliphatic rings. The topological polar surface area (TPSA) is 64.6 Å². The summed E-state index contributed by atoms with van der Waals surface area (Å²) in [5.41, 5.74) is 0.558. The number of amides is 1. The van der Waals surface area contributed by atoms with Crippen molar-refractivity contribution in [1.29, 1.82) is 0 Å². The van der Waals surface area contributed by atoms with E-state index in [0.29, 0.717) is 21.5 Å². The zero-order valence-electron chi connectivity index (χ0n) is 12.8. The van der Waals surface area contributed by atoms with Crippen molar-refractivity contribution in [3.63, 3.8) is 0 Å². The fourth-order valence-electron chi connectivity index (χ4n) is 1.76. The van der Waals surface area contributed by atoms with Crippen molar-refractivity contribution in [2.24, 2.45) is 0 Å². The summed E-state index contributed by atoms with van der Waals surface area (Å²) in [6, 6.07) is 13.2. The van der Waals surface area contributed by atoms with Gasteiger partial charge in [0.1, 0.15) is 5.75 Å². The fourth-order valence-corrected chi connectivity index (χ4v) is 2.07. The van der Waals surface area contributed by atoms with E-state index in [2.05, 4.69) is 5.32 Å². The van der Waals surface area contributed by atoms with E-state index in [4.69, 9.17) is 32.7 Å². The summed E-state index contributed by atoms with van der Waals surface area (Å²) in [6.07, 6.45) is -0.962. The molecule has 0 spiro atoms. The second-order valence-electron chi connectivity index (χ2n) is 4.87. The van der Waals surface area contributed by atoms with E-state index < -0.39 is 18.0 Å². The highest BCUT2D eigenvalue weighted by molar-refractivity contribution is 6.31. The van der Waals surface area contributed by atoms with Gasteiger partial charge in [0.2, 0.25) is 0 Å². The number of carbonyl (C=O) groups excluding carboxylic acids is 2. The maximum atomic E-state index is 12.0. The number of carbonyl (C=O) groups is 2. The molecule has 5 nitrogen and oxygen atoms in total. The van der Waals surface area contributed by atoms with Gasteiger partial charge in [0.05, 0.1) is 0 Å². The van der Waals surface area contributed by atoms with Crippen LogP contribution in [0.15, 0.2) is 48.5 Å². The van der Waals surface area contributed by atoms with E-state index in [1.165, 1.54) is 6.92 Å². The van der Waals surface area contributed by atoms with Gasteiger partial charge in [0.25, 0.3) is 5.91 Å². The highest BCUT2D eigenvalue weighted by Gasteiger charge is 2.18. The van der Waals surface area contributed by atoms with Gasteiger partial charge in [-0.05, 0) is 49.4 Å². The molecule has 2 rings (SSSR count). The van der Waals surface area contributed by atoms with Crippen LogP contribution in [-0.2, 0) is 14.3 Å². The molecule has 2 aromatic carbocycles. The van der Waals surface area contributed by atoms with Gasteiger partial charge in [0, 0.05) is 15.7 Å². The Balaban J connectivity index is 1.80. The minimum Gasteiger partial charge on any atom is -0.482 e. The van der Waals surface area contributed by atoms with E-state index >= 15 is 0 Å². The first kappa shape index (κ1) is 18.1. The number of ether oxygens (including phenoxy) is 2. The molecule has 0 heterocycles. The largest absolute Gasteiger partial charge is 0.482 e.